The van der Waals surface area contributed by atoms with E-state index in [0.29, 0.717) is 7.11 Å². The molecule has 0 aliphatic heterocycles. The Hall–Kier alpha value is -3.55. The van der Waals surface area contributed by atoms with Crippen molar-refractivity contribution >= 4 is 22.8 Å². The van der Waals surface area contributed by atoms with Crippen LogP contribution in [0.2, 0.25) is 0 Å². The average Bonchev–Trinajstić information content (AvgIpc) is 3.14. The third kappa shape index (κ3) is 3.87. The lowest BCUT2D eigenvalue weighted by Gasteiger charge is -2.39. The van der Waals surface area contributed by atoms with Crippen molar-refractivity contribution in [1.82, 2.24) is 18.7 Å². The quantitative estimate of drug-likeness (QED) is 0.535. The zero-order valence-electron chi connectivity index (χ0n) is 18.4. The van der Waals surface area contributed by atoms with Gasteiger partial charge in [-0.2, -0.15) is 13.2 Å². The van der Waals surface area contributed by atoms with Gasteiger partial charge in [0.15, 0.2) is 11.2 Å². The lowest BCUT2D eigenvalue weighted by atomic mass is 9.86. The number of imidazole rings is 1. The number of hydrogen-bond donors (Lipinski definition) is 1. The summed E-state index contributed by atoms with van der Waals surface area (Å²) in [5.74, 6) is -4.99. The monoisotopic (exact) mass is 489 g/mol. The van der Waals surface area contributed by atoms with Crippen LogP contribution in [0.25, 0.3) is 11.2 Å². The Bertz CT molecular complexity index is 1340. The van der Waals surface area contributed by atoms with E-state index in [9.17, 15) is 36.3 Å². The van der Waals surface area contributed by atoms with Crippen molar-refractivity contribution in [2.24, 2.45) is 14.1 Å². The molecule has 1 aromatic carbocycles. The van der Waals surface area contributed by atoms with Gasteiger partial charge in [-0.15, -0.1) is 0 Å². The van der Waals surface area contributed by atoms with Crippen molar-refractivity contribution in [3.63, 3.8) is 0 Å². The van der Waals surface area contributed by atoms with Crippen LogP contribution in [0.15, 0.2) is 40.2 Å². The number of aryl methyl sites for hydroxylation is 1. The number of carbonyl (C=O) groups is 1. The zero-order chi connectivity index (χ0) is 25.6. The van der Waals surface area contributed by atoms with Gasteiger partial charge in [-0.05, 0) is 17.7 Å². The Morgan fingerprint density at radius 2 is 1.65 bits per heavy atom. The Morgan fingerprint density at radius 3 is 2.15 bits per heavy atom. The number of alkyl halides is 5. The highest BCUT2D eigenvalue weighted by atomic mass is 19.4. The number of halogens is 5. The minimum absolute atomic E-state index is 0.00432. The van der Waals surface area contributed by atoms with Gasteiger partial charge in [0.05, 0.1) is 6.33 Å². The van der Waals surface area contributed by atoms with Gasteiger partial charge in [0.2, 0.25) is 5.91 Å². The minimum atomic E-state index is -5.43. The van der Waals surface area contributed by atoms with Gasteiger partial charge in [-0.25, -0.2) is 18.6 Å². The van der Waals surface area contributed by atoms with Crippen LogP contribution in [0.3, 0.4) is 0 Å². The number of methoxy groups -OCH3 is 1. The number of fused-ring (bicyclic) bond motifs is 1. The van der Waals surface area contributed by atoms with Gasteiger partial charge >= 0.3 is 11.9 Å². The van der Waals surface area contributed by atoms with E-state index in [1.807, 2.05) is 0 Å². The smallest absolute Gasteiger partial charge is 0.360 e. The summed E-state index contributed by atoms with van der Waals surface area (Å²) in [7, 11) is 3.21. The topological polar surface area (TPSA) is 100 Å². The predicted octanol–water partition coefficient (Wildman–Crippen LogP) is 2.13. The van der Waals surface area contributed by atoms with Crippen molar-refractivity contribution < 1.29 is 31.5 Å². The van der Waals surface area contributed by atoms with E-state index in [-0.39, 0.29) is 23.8 Å². The van der Waals surface area contributed by atoms with Crippen LogP contribution in [-0.2, 0) is 35.8 Å². The largest absolute Gasteiger partial charge is 0.427 e. The number of amides is 1. The zero-order valence-corrected chi connectivity index (χ0v) is 18.4. The summed E-state index contributed by atoms with van der Waals surface area (Å²) < 4.78 is 76.3. The van der Waals surface area contributed by atoms with Crippen LogP contribution in [-0.4, -0.2) is 43.8 Å². The third-order valence-corrected chi connectivity index (χ3v) is 5.43. The SMILES string of the molecule is COC(c1ccc(NC(=O)Cn2cnc3c2c(=O)n(C)c(=O)n3C)cc1)(C(C)(F)F)C(F)(F)F. The maximum atomic E-state index is 14.0. The molecule has 34 heavy (non-hydrogen) atoms. The van der Waals surface area contributed by atoms with E-state index in [0.717, 1.165) is 33.4 Å². The number of aromatic nitrogens is 4. The average molecular weight is 489 g/mol. The number of nitrogens with one attached hydrogen (secondary N) is 1. The minimum Gasteiger partial charge on any atom is -0.360 e. The van der Waals surface area contributed by atoms with Crippen LogP contribution < -0.4 is 16.6 Å². The molecular weight excluding hydrogens is 469 g/mol. The summed E-state index contributed by atoms with van der Waals surface area (Å²) in [6, 6.07) is 3.60. The van der Waals surface area contributed by atoms with Gasteiger partial charge < -0.3 is 14.6 Å². The molecule has 0 saturated carbocycles. The van der Waals surface area contributed by atoms with E-state index in [4.69, 9.17) is 0 Å². The highest BCUT2D eigenvalue weighted by Crippen LogP contribution is 2.51. The Kier molecular flexibility index (Phi) is 6.15. The molecular formula is C20H20F5N5O4. The van der Waals surface area contributed by atoms with E-state index < -0.39 is 47.0 Å². The summed E-state index contributed by atoms with van der Waals surface area (Å²) in [4.78, 5) is 40.9. The second-order valence-corrected chi connectivity index (χ2v) is 7.65. The van der Waals surface area contributed by atoms with E-state index in [1.165, 1.54) is 25.0 Å². The second-order valence-electron chi connectivity index (χ2n) is 7.65. The summed E-state index contributed by atoms with van der Waals surface area (Å²) >= 11 is 0. The van der Waals surface area contributed by atoms with Gasteiger partial charge in [0.25, 0.3) is 17.1 Å². The first-order chi connectivity index (χ1) is 15.7. The molecule has 0 aliphatic carbocycles. The van der Waals surface area contributed by atoms with Crippen LogP contribution in [0, 0.1) is 0 Å². The Morgan fingerprint density at radius 1 is 1.06 bits per heavy atom. The predicted molar refractivity (Wildman–Crippen MR) is 111 cm³/mol. The van der Waals surface area contributed by atoms with Gasteiger partial charge in [0.1, 0.15) is 6.54 Å². The highest BCUT2D eigenvalue weighted by Gasteiger charge is 2.69. The molecule has 9 nitrogen and oxygen atoms in total. The molecule has 3 rings (SSSR count). The number of anilines is 1. The van der Waals surface area contributed by atoms with Crippen LogP contribution in [0.1, 0.15) is 12.5 Å². The van der Waals surface area contributed by atoms with E-state index >= 15 is 0 Å². The fourth-order valence-corrected chi connectivity index (χ4v) is 3.74. The molecule has 2 heterocycles. The first-order valence-electron chi connectivity index (χ1n) is 9.66. The van der Waals surface area contributed by atoms with Crippen LogP contribution >= 0.6 is 0 Å². The lowest BCUT2D eigenvalue weighted by Crippen LogP contribution is -2.56. The normalized spacial score (nSPS) is 14.3. The number of rotatable bonds is 6. The Balaban J connectivity index is 1.88. The molecule has 2 aromatic heterocycles. The maximum absolute atomic E-state index is 14.0. The molecule has 14 heteroatoms. The van der Waals surface area contributed by atoms with Crippen molar-refractivity contribution in [3.8, 4) is 0 Å². The molecule has 0 bridgehead atoms. The lowest BCUT2D eigenvalue weighted by molar-refractivity contribution is -0.343. The van der Waals surface area contributed by atoms with Crippen molar-refractivity contribution in [2.45, 2.75) is 31.2 Å². The molecule has 3 aromatic rings. The Labute approximate surface area is 188 Å². The van der Waals surface area contributed by atoms with E-state index in [1.54, 1.807) is 0 Å². The molecule has 0 aliphatic rings. The number of carbonyl (C=O) groups excluding carboxylic acids is 1. The summed E-state index contributed by atoms with van der Waals surface area (Å²) in [5, 5.41) is 2.40. The molecule has 0 saturated heterocycles. The summed E-state index contributed by atoms with van der Waals surface area (Å²) in [6.45, 7) is -0.307. The molecule has 1 N–H and O–H groups in total. The second kappa shape index (κ2) is 8.34. The molecule has 1 amide bonds. The number of ether oxygens (including phenoxy) is 1. The summed E-state index contributed by atoms with van der Waals surface area (Å²) in [6.07, 6.45) is -4.24. The van der Waals surface area contributed by atoms with Gasteiger partial charge in [-0.3, -0.25) is 18.7 Å². The number of benzene rings is 1. The first-order valence-corrected chi connectivity index (χ1v) is 9.66. The maximum Gasteiger partial charge on any atom is 0.427 e. The molecule has 0 fully saturated rings. The van der Waals surface area contributed by atoms with Crippen molar-refractivity contribution in [3.05, 3.63) is 57.0 Å². The summed E-state index contributed by atoms with van der Waals surface area (Å²) in [5.41, 5.74) is -5.92. The van der Waals surface area contributed by atoms with Gasteiger partial charge in [-0.1, -0.05) is 12.1 Å². The molecule has 184 valence electrons. The van der Waals surface area contributed by atoms with Crippen molar-refractivity contribution in [1.29, 1.82) is 0 Å². The molecule has 0 radical (unpaired) electrons. The highest BCUT2D eigenvalue weighted by molar-refractivity contribution is 5.91. The van der Waals surface area contributed by atoms with Crippen LogP contribution in [0.5, 0.6) is 0 Å². The van der Waals surface area contributed by atoms with Gasteiger partial charge in [0, 0.05) is 33.8 Å². The molecule has 1 unspecified atom stereocenters. The number of nitrogens with zero attached hydrogens (tertiary/aromatic N) is 4. The molecule has 1 atom stereocenters. The van der Waals surface area contributed by atoms with Crippen molar-refractivity contribution in [2.75, 3.05) is 12.4 Å². The first kappa shape index (κ1) is 25.1. The fraction of sp³-hybridized carbons (Fsp3) is 0.400. The number of hydrogen-bond acceptors (Lipinski definition) is 5. The van der Waals surface area contributed by atoms with E-state index in [2.05, 4.69) is 15.0 Å². The van der Waals surface area contributed by atoms with Crippen LogP contribution in [0.4, 0.5) is 27.6 Å². The fourth-order valence-electron chi connectivity index (χ4n) is 3.74. The standard InChI is InChI=1S/C20H20F5N5O4/c1-18(21,22)19(34-4,20(23,24)25)11-5-7-12(8-6-11)27-13(31)9-30-10-26-15-14(30)16(32)29(3)17(33)28(15)2/h5-8,10H,9H2,1-4H3,(H,27,31). The molecule has 0 spiro atoms. The third-order valence-electron chi connectivity index (χ3n) is 5.43.